The highest BCUT2D eigenvalue weighted by Crippen LogP contribution is 2.24. The standard InChI is InChI=1S/C14H23NO/c1-10-5-6-14(7-11(10)2)15-8-12(3)16-13(4)9-15/h5-6,12-14H,7-9H2,1-4H3/t12-,13+,14?. The van der Waals surface area contributed by atoms with E-state index in [-0.39, 0.29) is 0 Å². The van der Waals surface area contributed by atoms with E-state index in [1.807, 2.05) is 0 Å². The zero-order chi connectivity index (χ0) is 11.7. The summed E-state index contributed by atoms with van der Waals surface area (Å²) in [5, 5.41) is 0. The molecule has 1 saturated heterocycles. The van der Waals surface area contributed by atoms with Crippen LogP contribution in [0, 0.1) is 0 Å². The highest BCUT2D eigenvalue weighted by atomic mass is 16.5. The van der Waals surface area contributed by atoms with Crippen molar-refractivity contribution in [2.45, 2.75) is 52.4 Å². The Morgan fingerprint density at radius 2 is 1.81 bits per heavy atom. The SMILES string of the molecule is CC1=C(C)CC(N2C[C@@H](C)O[C@@H](C)C2)C=C1. The Bertz CT molecular complexity index is 309. The van der Waals surface area contributed by atoms with Gasteiger partial charge in [-0.1, -0.05) is 23.3 Å². The molecule has 0 amide bonds. The van der Waals surface area contributed by atoms with Crippen molar-refractivity contribution in [1.29, 1.82) is 0 Å². The van der Waals surface area contributed by atoms with Crippen LogP contribution in [0.2, 0.25) is 0 Å². The van der Waals surface area contributed by atoms with Gasteiger partial charge in [-0.3, -0.25) is 4.90 Å². The van der Waals surface area contributed by atoms with Crippen molar-refractivity contribution in [2.24, 2.45) is 0 Å². The van der Waals surface area contributed by atoms with Crippen LogP contribution in [-0.2, 0) is 4.74 Å². The van der Waals surface area contributed by atoms with E-state index in [2.05, 4.69) is 44.7 Å². The molecule has 0 N–H and O–H groups in total. The molecule has 90 valence electrons. The van der Waals surface area contributed by atoms with Crippen LogP contribution in [0.15, 0.2) is 23.3 Å². The van der Waals surface area contributed by atoms with Crippen LogP contribution in [0.5, 0.6) is 0 Å². The van der Waals surface area contributed by atoms with Crippen molar-refractivity contribution in [1.82, 2.24) is 4.90 Å². The second-order valence-electron chi connectivity index (χ2n) is 5.31. The van der Waals surface area contributed by atoms with Crippen molar-refractivity contribution in [3.63, 3.8) is 0 Å². The molecule has 2 nitrogen and oxygen atoms in total. The molecule has 1 heterocycles. The third kappa shape index (κ3) is 2.55. The largest absolute Gasteiger partial charge is 0.373 e. The van der Waals surface area contributed by atoms with E-state index in [4.69, 9.17) is 4.74 Å². The maximum atomic E-state index is 5.78. The van der Waals surface area contributed by atoms with Gasteiger partial charge in [-0.15, -0.1) is 0 Å². The van der Waals surface area contributed by atoms with E-state index >= 15 is 0 Å². The van der Waals surface area contributed by atoms with Crippen molar-refractivity contribution in [2.75, 3.05) is 13.1 Å². The average molecular weight is 221 g/mol. The topological polar surface area (TPSA) is 12.5 Å². The predicted octanol–water partition coefficient (Wildman–Crippen LogP) is 2.76. The van der Waals surface area contributed by atoms with Gasteiger partial charge in [-0.25, -0.2) is 0 Å². The second-order valence-corrected chi connectivity index (χ2v) is 5.31. The molecule has 0 aromatic carbocycles. The zero-order valence-electron chi connectivity index (χ0n) is 10.9. The molecule has 0 aromatic heterocycles. The first-order valence-corrected chi connectivity index (χ1v) is 6.30. The van der Waals surface area contributed by atoms with E-state index in [9.17, 15) is 0 Å². The Morgan fingerprint density at radius 3 is 2.38 bits per heavy atom. The fourth-order valence-electron chi connectivity index (χ4n) is 2.68. The monoisotopic (exact) mass is 221 g/mol. The summed E-state index contributed by atoms with van der Waals surface area (Å²) >= 11 is 0. The lowest BCUT2D eigenvalue weighted by Crippen LogP contribution is -2.49. The summed E-state index contributed by atoms with van der Waals surface area (Å²) < 4.78 is 5.78. The summed E-state index contributed by atoms with van der Waals surface area (Å²) in [4.78, 5) is 2.56. The molecule has 1 aliphatic heterocycles. The molecule has 2 aliphatic rings. The molecular formula is C14H23NO. The Labute approximate surface area is 99.0 Å². The molecule has 2 rings (SSSR count). The Balaban J connectivity index is 2.02. The van der Waals surface area contributed by atoms with Crippen LogP contribution in [0.3, 0.4) is 0 Å². The van der Waals surface area contributed by atoms with Gasteiger partial charge >= 0.3 is 0 Å². The molecule has 0 spiro atoms. The van der Waals surface area contributed by atoms with Gasteiger partial charge in [-0.2, -0.15) is 0 Å². The maximum absolute atomic E-state index is 5.78. The summed E-state index contributed by atoms with van der Waals surface area (Å²) in [7, 11) is 0. The van der Waals surface area contributed by atoms with Crippen LogP contribution >= 0.6 is 0 Å². The summed E-state index contributed by atoms with van der Waals surface area (Å²) in [6.45, 7) is 10.9. The first kappa shape index (κ1) is 11.9. The summed E-state index contributed by atoms with van der Waals surface area (Å²) in [5.41, 5.74) is 2.96. The summed E-state index contributed by atoms with van der Waals surface area (Å²) in [6, 6.07) is 0.581. The van der Waals surface area contributed by atoms with E-state index in [0.29, 0.717) is 18.2 Å². The Morgan fingerprint density at radius 1 is 1.19 bits per heavy atom. The maximum Gasteiger partial charge on any atom is 0.0678 e. The molecule has 3 atom stereocenters. The third-order valence-corrected chi connectivity index (χ3v) is 3.67. The lowest BCUT2D eigenvalue weighted by molar-refractivity contribution is -0.0753. The van der Waals surface area contributed by atoms with Crippen LogP contribution < -0.4 is 0 Å². The molecule has 0 radical (unpaired) electrons. The van der Waals surface area contributed by atoms with Gasteiger partial charge in [0.05, 0.1) is 12.2 Å². The summed E-state index contributed by atoms with van der Waals surface area (Å²) in [6.07, 6.45) is 6.54. The van der Waals surface area contributed by atoms with Crippen LogP contribution in [0.4, 0.5) is 0 Å². The molecule has 0 saturated carbocycles. The second kappa shape index (κ2) is 4.72. The fourth-order valence-corrected chi connectivity index (χ4v) is 2.68. The molecular weight excluding hydrogens is 198 g/mol. The van der Waals surface area contributed by atoms with Gasteiger partial charge in [0.1, 0.15) is 0 Å². The van der Waals surface area contributed by atoms with E-state index in [1.54, 1.807) is 0 Å². The number of rotatable bonds is 1. The lowest BCUT2D eigenvalue weighted by Gasteiger charge is -2.40. The quantitative estimate of drug-likeness (QED) is 0.675. The number of hydrogen-bond acceptors (Lipinski definition) is 2. The number of ether oxygens (including phenoxy) is 1. The van der Waals surface area contributed by atoms with Gasteiger partial charge in [0.25, 0.3) is 0 Å². The molecule has 1 aliphatic carbocycles. The van der Waals surface area contributed by atoms with Gasteiger partial charge in [0.2, 0.25) is 0 Å². The normalized spacial score (nSPS) is 36.9. The van der Waals surface area contributed by atoms with Gasteiger partial charge in [0.15, 0.2) is 0 Å². The van der Waals surface area contributed by atoms with Crippen LogP contribution in [-0.4, -0.2) is 36.2 Å². The molecule has 1 fully saturated rings. The zero-order valence-corrected chi connectivity index (χ0v) is 10.9. The number of allylic oxidation sites excluding steroid dienone is 2. The first-order valence-electron chi connectivity index (χ1n) is 6.30. The Hall–Kier alpha value is -0.600. The van der Waals surface area contributed by atoms with Gasteiger partial charge in [-0.05, 0) is 34.1 Å². The highest BCUT2D eigenvalue weighted by Gasteiger charge is 2.27. The van der Waals surface area contributed by atoms with Crippen molar-refractivity contribution < 1.29 is 4.74 Å². The fraction of sp³-hybridized carbons (Fsp3) is 0.714. The highest BCUT2D eigenvalue weighted by molar-refractivity contribution is 5.29. The average Bonchev–Trinajstić information content (AvgIpc) is 2.20. The van der Waals surface area contributed by atoms with Gasteiger partial charge < -0.3 is 4.74 Å². The molecule has 0 aromatic rings. The number of morpholine rings is 1. The van der Waals surface area contributed by atoms with Crippen LogP contribution in [0.1, 0.15) is 34.1 Å². The minimum atomic E-state index is 0.365. The molecule has 0 bridgehead atoms. The number of hydrogen-bond donors (Lipinski definition) is 0. The smallest absolute Gasteiger partial charge is 0.0678 e. The predicted molar refractivity (Wildman–Crippen MR) is 67.5 cm³/mol. The van der Waals surface area contributed by atoms with Crippen molar-refractivity contribution in [3.05, 3.63) is 23.3 Å². The first-order chi connectivity index (χ1) is 7.56. The molecule has 16 heavy (non-hydrogen) atoms. The van der Waals surface area contributed by atoms with Crippen molar-refractivity contribution in [3.8, 4) is 0 Å². The third-order valence-electron chi connectivity index (χ3n) is 3.67. The summed E-state index contributed by atoms with van der Waals surface area (Å²) in [5.74, 6) is 0. The number of nitrogens with zero attached hydrogens (tertiary/aromatic N) is 1. The molecule has 1 unspecified atom stereocenters. The van der Waals surface area contributed by atoms with E-state index < -0.39 is 0 Å². The van der Waals surface area contributed by atoms with Crippen molar-refractivity contribution >= 4 is 0 Å². The van der Waals surface area contributed by atoms with E-state index in [0.717, 1.165) is 13.1 Å². The van der Waals surface area contributed by atoms with Gasteiger partial charge in [0, 0.05) is 19.1 Å². The van der Waals surface area contributed by atoms with E-state index in [1.165, 1.54) is 17.6 Å². The Kier molecular flexibility index (Phi) is 3.50. The lowest BCUT2D eigenvalue weighted by atomic mass is 9.94. The minimum absolute atomic E-state index is 0.365. The molecule has 2 heteroatoms. The van der Waals surface area contributed by atoms with Crippen LogP contribution in [0.25, 0.3) is 0 Å². The minimum Gasteiger partial charge on any atom is -0.373 e.